The second-order valence-corrected chi connectivity index (χ2v) is 8.40. The zero-order valence-corrected chi connectivity index (χ0v) is 17.7. The number of nitro benzene ring substituents is 1. The van der Waals surface area contributed by atoms with Gasteiger partial charge in [-0.3, -0.25) is 14.9 Å². The molecule has 2 heterocycles. The van der Waals surface area contributed by atoms with Gasteiger partial charge in [0.25, 0.3) is 11.2 Å². The standard InChI is InChI=1S/C22H16ClN3O3S/c1-12-8-9-14(11-17(12)26(28)29)10-16(23)20-24-21(27)19-18(13(2)30-22(19)25-20)15-6-4-3-5-7-15/h3-11H,1-2H3,(H,24,25,27). The lowest BCUT2D eigenvalue weighted by Gasteiger charge is -2.03. The lowest BCUT2D eigenvalue weighted by molar-refractivity contribution is -0.385. The highest BCUT2D eigenvalue weighted by Gasteiger charge is 2.17. The molecule has 6 nitrogen and oxygen atoms in total. The normalized spacial score (nSPS) is 11.8. The molecule has 0 amide bonds. The van der Waals surface area contributed by atoms with Crippen LogP contribution in [-0.2, 0) is 0 Å². The summed E-state index contributed by atoms with van der Waals surface area (Å²) >= 11 is 7.84. The van der Waals surface area contributed by atoms with Crippen LogP contribution >= 0.6 is 22.9 Å². The Morgan fingerprint density at radius 2 is 1.93 bits per heavy atom. The maximum Gasteiger partial charge on any atom is 0.272 e. The van der Waals surface area contributed by atoms with Gasteiger partial charge < -0.3 is 4.98 Å². The van der Waals surface area contributed by atoms with Gasteiger partial charge in [0.2, 0.25) is 0 Å². The lowest BCUT2D eigenvalue weighted by Crippen LogP contribution is -2.10. The summed E-state index contributed by atoms with van der Waals surface area (Å²) in [5, 5.41) is 11.9. The molecule has 4 aromatic rings. The Bertz CT molecular complexity index is 1370. The van der Waals surface area contributed by atoms with Gasteiger partial charge in [-0.05, 0) is 31.1 Å². The Morgan fingerprint density at radius 1 is 1.20 bits per heavy atom. The van der Waals surface area contributed by atoms with E-state index in [1.165, 1.54) is 17.4 Å². The zero-order chi connectivity index (χ0) is 21.4. The van der Waals surface area contributed by atoms with Crippen molar-refractivity contribution in [2.24, 2.45) is 0 Å². The first kappa shape index (κ1) is 20.0. The van der Waals surface area contributed by atoms with Crippen molar-refractivity contribution >= 4 is 50.0 Å². The number of aromatic nitrogens is 2. The predicted molar refractivity (Wildman–Crippen MR) is 122 cm³/mol. The molecule has 0 saturated heterocycles. The number of nitrogens with zero attached hydrogens (tertiary/aromatic N) is 2. The van der Waals surface area contributed by atoms with Gasteiger partial charge in [0.05, 0.1) is 15.3 Å². The van der Waals surface area contributed by atoms with Crippen LogP contribution in [0.15, 0.2) is 53.3 Å². The van der Waals surface area contributed by atoms with Crippen LogP contribution < -0.4 is 5.56 Å². The Hall–Kier alpha value is -3.29. The predicted octanol–water partition coefficient (Wildman–Crippen LogP) is 5.91. The molecule has 30 heavy (non-hydrogen) atoms. The Balaban J connectivity index is 1.81. The Kier molecular flexibility index (Phi) is 5.24. The third-order valence-corrected chi connectivity index (χ3v) is 6.04. The van der Waals surface area contributed by atoms with E-state index in [1.54, 1.807) is 25.1 Å². The van der Waals surface area contributed by atoms with E-state index < -0.39 is 4.92 Å². The van der Waals surface area contributed by atoms with Crippen LogP contribution in [0, 0.1) is 24.0 Å². The molecule has 0 aliphatic rings. The average molecular weight is 438 g/mol. The van der Waals surface area contributed by atoms with Crippen molar-refractivity contribution < 1.29 is 4.92 Å². The molecule has 0 aliphatic heterocycles. The summed E-state index contributed by atoms with van der Waals surface area (Å²) in [6.45, 7) is 3.63. The molecule has 4 rings (SSSR count). The fourth-order valence-corrected chi connectivity index (χ4v) is 4.57. The number of hydrogen-bond donors (Lipinski definition) is 1. The van der Waals surface area contributed by atoms with Gasteiger partial charge in [-0.15, -0.1) is 11.3 Å². The number of nitro groups is 1. The Labute approximate surface area is 180 Å². The minimum absolute atomic E-state index is 0.00602. The number of fused-ring (bicyclic) bond motifs is 1. The first-order valence-electron chi connectivity index (χ1n) is 9.06. The van der Waals surface area contributed by atoms with Crippen LogP contribution in [0.1, 0.15) is 21.8 Å². The van der Waals surface area contributed by atoms with Gasteiger partial charge in [-0.1, -0.05) is 54.1 Å². The molecule has 0 unspecified atom stereocenters. The van der Waals surface area contributed by atoms with Crippen molar-refractivity contribution in [3.8, 4) is 11.1 Å². The van der Waals surface area contributed by atoms with E-state index in [1.807, 2.05) is 37.3 Å². The van der Waals surface area contributed by atoms with Gasteiger partial charge in [-0.2, -0.15) is 0 Å². The number of nitrogens with one attached hydrogen (secondary N) is 1. The second-order valence-electron chi connectivity index (χ2n) is 6.79. The molecule has 0 spiro atoms. The largest absolute Gasteiger partial charge is 0.305 e. The topological polar surface area (TPSA) is 88.9 Å². The number of hydrogen-bond acceptors (Lipinski definition) is 5. The molecule has 0 atom stereocenters. The Morgan fingerprint density at radius 3 is 2.63 bits per heavy atom. The highest BCUT2D eigenvalue weighted by molar-refractivity contribution is 7.19. The smallest absolute Gasteiger partial charge is 0.272 e. The maximum atomic E-state index is 12.9. The van der Waals surface area contributed by atoms with E-state index in [4.69, 9.17) is 11.6 Å². The van der Waals surface area contributed by atoms with Gasteiger partial charge in [0.15, 0.2) is 5.82 Å². The molecular formula is C22H16ClN3O3S. The van der Waals surface area contributed by atoms with E-state index in [9.17, 15) is 14.9 Å². The number of thiophene rings is 1. The number of aryl methyl sites for hydroxylation is 2. The van der Waals surface area contributed by atoms with Crippen molar-refractivity contribution in [1.82, 2.24) is 9.97 Å². The van der Waals surface area contributed by atoms with Crippen molar-refractivity contribution in [2.45, 2.75) is 13.8 Å². The van der Waals surface area contributed by atoms with Crippen LogP contribution in [0.5, 0.6) is 0 Å². The van der Waals surface area contributed by atoms with Gasteiger partial charge >= 0.3 is 0 Å². The molecule has 0 bridgehead atoms. The first-order valence-corrected chi connectivity index (χ1v) is 10.3. The molecule has 0 fully saturated rings. The molecule has 0 radical (unpaired) electrons. The van der Waals surface area contributed by atoms with Crippen LogP contribution in [0.3, 0.4) is 0 Å². The third-order valence-electron chi connectivity index (χ3n) is 4.75. The summed E-state index contributed by atoms with van der Waals surface area (Å²) in [6, 6.07) is 14.5. The maximum absolute atomic E-state index is 12.9. The molecule has 1 N–H and O–H groups in total. The first-order chi connectivity index (χ1) is 14.3. The average Bonchev–Trinajstić information content (AvgIpc) is 3.06. The van der Waals surface area contributed by atoms with Gasteiger partial charge in [0, 0.05) is 22.1 Å². The van der Waals surface area contributed by atoms with Crippen LogP contribution in [0.4, 0.5) is 5.69 Å². The summed E-state index contributed by atoms with van der Waals surface area (Å²) in [5.41, 5.74) is 2.65. The highest BCUT2D eigenvalue weighted by atomic mass is 35.5. The summed E-state index contributed by atoms with van der Waals surface area (Å²) in [6.07, 6.45) is 1.55. The summed E-state index contributed by atoms with van der Waals surface area (Å²) in [4.78, 5) is 32.5. The minimum atomic E-state index is -0.438. The summed E-state index contributed by atoms with van der Waals surface area (Å²) in [5.74, 6) is 0.221. The number of halogens is 1. The lowest BCUT2D eigenvalue weighted by atomic mass is 10.0. The minimum Gasteiger partial charge on any atom is -0.305 e. The molecular weight excluding hydrogens is 422 g/mol. The third kappa shape index (κ3) is 3.65. The number of aromatic amines is 1. The molecule has 2 aromatic heterocycles. The van der Waals surface area contributed by atoms with Crippen LogP contribution in [0.25, 0.3) is 32.5 Å². The fourth-order valence-electron chi connectivity index (χ4n) is 3.31. The zero-order valence-electron chi connectivity index (χ0n) is 16.1. The quantitative estimate of drug-likeness (QED) is 0.317. The van der Waals surface area contributed by atoms with E-state index >= 15 is 0 Å². The SMILES string of the molecule is Cc1ccc(C=C(Cl)c2nc3sc(C)c(-c4ccccc4)c3c(=O)[nH]2)cc1[N+](=O)[O-]. The fraction of sp³-hybridized carbons (Fsp3) is 0.0909. The van der Waals surface area contributed by atoms with Gasteiger partial charge in [0.1, 0.15) is 4.83 Å². The van der Waals surface area contributed by atoms with Crippen molar-refractivity contribution in [2.75, 3.05) is 0 Å². The second kappa shape index (κ2) is 7.85. The van der Waals surface area contributed by atoms with E-state index in [0.29, 0.717) is 21.3 Å². The van der Waals surface area contributed by atoms with E-state index in [0.717, 1.165) is 16.0 Å². The van der Waals surface area contributed by atoms with Crippen molar-refractivity contribution in [1.29, 1.82) is 0 Å². The number of benzene rings is 2. The number of rotatable bonds is 4. The van der Waals surface area contributed by atoms with Gasteiger partial charge in [-0.25, -0.2) is 4.98 Å². The van der Waals surface area contributed by atoms with Crippen molar-refractivity contribution in [3.05, 3.63) is 90.8 Å². The van der Waals surface area contributed by atoms with E-state index in [2.05, 4.69) is 9.97 Å². The molecule has 0 saturated carbocycles. The molecule has 2 aromatic carbocycles. The summed E-state index contributed by atoms with van der Waals surface area (Å²) < 4.78 is 0. The van der Waals surface area contributed by atoms with Crippen LogP contribution in [-0.4, -0.2) is 14.9 Å². The number of H-pyrrole nitrogens is 1. The van der Waals surface area contributed by atoms with Crippen molar-refractivity contribution in [3.63, 3.8) is 0 Å². The van der Waals surface area contributed by atoms with Crippen LogP contribution in [0.2, 0.25) is 0 Å². The molecule has 150 valence electrons. The molecule has 8 heteroatoms. The highest BCUT2D eigenvalue weighted by Crippen LogP contribution is 2.36. The van der Waals surface area contributed by atoms with E-state index in [-0.39, 0.29) is 22.1 Å². The monoisotopic (exact) mass is 437 g/mol. The summed E-state index contributed by atoms with van der Waals surface area (Å²) in [7, 11) is 0. The molecule has 0 aliphatic carbocycles.